The molecule has 0 heterocycles. The van der Waals surface area contributed by atoms with Gasteiger partial charge >= 0.3 is 0 Å². The molecule has 1 aliphatic rings. The molecule has 18 heavy (non-hydrogen) atoms. The Bertz CT molecular complexity index is 311. The molecule has 1 saturated carbocycles. The van der Waals surface area contributed by atoms with Crippen LogP contribution >= 0.6 is 0 Å². The maximum absolute atomic E-state index is 12.4. The third kappa shape index (κ3) is 3.24. The second-order valence-electron chi connectivity index (χ2n) is 5.51. The first-order chi connectivity index (χ1) is 8.41. The summed E-state index contributed by atoms with van der Waals surface area (Å²) in [7, 11) is 1.70. The van der Waals surface area contributed by atoms with Crippen molar-refractivity contribution in [3.63, 3.8) is 0 Å². The molecular formula is C14H26N2O2. The molecule has 1 N–H and O–H groups in total. The van der Waals surface area contributed by atoms with Gasteiger partial charge in [-0.2, -0.15) is 0 Å². The van der Waals surface area contributed by atoms with Gasteiger partial charge in [0.2, 0.25) is 11.8 Å². The van der Waals surface area contributed by atoms with Gasteiger partial charge in [0.15, 0.2) is 0 Å². The Kier molecular flexibility index (Phi) is 5.17. The van der Waals surface area contributed by atoms with Crippen LogP contribution in [0.1, 0.15) is 59.3 Å². The predicted molar refractivity (Wildman–Crippen MR) is 72.2 cm³/mol. The van der Waals surface area contributed by atoms with E-state index in [9.17, 15) is 9.59 Å². The highest BCUT2D eigenvalue weighted by atomic mass is 16.2. The van der Waals surface area contributed by atoms with Gasteiger partial charge in [-0.05, 0) is 26.2 Å². The third-order valence-electron chi connectivity index (χ3n) is 4.33. The van der Waals surface area contributed by atoms with Crippen LogP contribution in [0.4, 0.5) is 0 Å². The number of hydrogen-bond donors (Lipinski definition) is 1. The topological polar surface area (TPSA) is 49.4 Å². The van der Waals surface area contributed by atoms with E-state index < -0.39 is 5.54 Å². The molecule has 1 rings (SSSR count). The lowest BCUT2D eigenvalue weighted by atomic mass is 9.91. The Morgan fingerprint density at radius 2 is 1.83 bits per heavy atom. The summed E-state index contributed by atoms with van der Waals surface area (Å²) in [6, 6.07) is 0.289. The fourth-order valence-electron chi connectivity index (χ4n) is 2.49. The molecule has 0 saturated heterocycles. The Morgan fingerprint density at radius 1 is 1.28 bits per heavy atom. The van der Waals surface area contributed by atoms with Gasteiger partial charge < -0.3 is 10.2 Å². The van der Waals surface area contributed by atoms with Gasteiger partial charge in [-0.25, -0.2) is 0 Å². The molecule has 0 aromatic carbocycles. The second kappa shape index (κ2) is 6.21. The molecule has 2 amide bonds. The van der Waals surface area contributed by atoms with Crippen LogP contribution in [-0.4, -0.2) is 35.3 Å². The Labute approximate surface area is 110 Å². The van der Waals surface area contributed by atoms with Gasteiger partial charge in [0, 0.05) is 20.0 Å². The molecule has 4 nitrogen and oxygen atoms in total. The first kappa shape index (κ1) is 15.0. The SMILES string of the molecule is CCC(C)(C(=O)NC1CCCCC1)N(C)C(C)=O. The fourth-order valence-corrected chi connectivity index (χ4v) is 2.49. The highest BCUT2D eigenvalue weighted by Gasteiger charge is 2.38. The maximum Gasteiger partial charge on any atom is 0.245 e. The minimum absolute atomic E-state index is 0.0189. The van der Waals surface area contributed by atoms with Crippen molar-refractivity contribution in [1.82, 2.24) is 10.2 Å². The van der Waals surface area contributed by atoms with Gasteiger partial charge in [-0.3, -0.25) is 9.59 Å². The molecule has 0 aromatic rings. The monoisotopic (exact) mass is 254 g/mol. The molecule has 0 spiro atoms. The molecule has 0 aromatic heterocycles. The number of carbonyl (C=O) groups excluding carboxylic acids is 2. The van der Waals surface area contributed by atoms with Crippen LogP contribution in [0, 0.1) is 0 Å². The van der Waals surface area contributed by atoms with Crippen LogP contribution in [0.3, 0.4) is 0 Å². The summed E-state index contributed by atoms with van der Waals surface area (Å²) in [5.74, 6) is -0.0901. The molecule has 4 heteroatoms. The van der Waals surface area contributed by atoms with Crippen LogP contribution in [-0.2, 0) is 9.59 Å². The van der Waals surface area contributed by atoms with Gasteiger partial charge in [0.05, 0.1) is 0 Å². The van der Waals surface area contributed by atoms with E-state index in [0.717, 1.165) is 12.8 Å². The molecule has 1 fully saturated rings. The van der Waals surface area contributed by atoms with Crippen molar-refractivity contribution in [2.24, 2.45) is 0 Å². The van der Waals surface area contributed by atoms with E-state index in [4.69, 9.17) is 0 Å². The summed E-state index contributed by atoms with van der Waals surface area (Å²) in [6.45, 7) is 5.29. The zero-order valence-corrected chi connectivity index (χ0v) is 12.1. The van der Waals surface area contributed by atoms with Crippen molar-refractivity contribution in [1.29, 1.82) is 0 Å². The number of nitrogens with one attached hydrogen (secondary N) is 1. The number of carbonyl (C=O) groups is 2. The van der Waals surface area contributed by atoms with E-state index in [-0.39, 0.29) is 17.9 Å². The second-order valence-corrected chi connectivity index (χ2v) is 5.51. The van der Waals surface area contributed by atoms with Crippen molar-refractivity contribution in [3.05, 3.63) is 0 Å². The van der Waals surface area contributed by atoms with E-state index in [0.29, 0.717) is 6.42 Å². The maximum atomic E-state index is 12.4. The lowest BCUT2D eigenvalue weighted by molar-refractivity contribution is -0.144. The van der Waals surface area contributed by atoms with E-state index in [1.165, 1.54) is 26.2 Å². The normalized spacial score (nSPS) is 20.0. The number of amides is 2. The molecule has 0 aliphatic heterocycles. The van der Waals surface area contributed by atoms with Crippen LogP contribution in [0.25, 0.3) is 0 Å². The van der Waals surface area contributed by atoms with Crippen molar-refractivity contribution < 1.29 is 9.59 Å². The highest BCUT2D eigenvalue weighted by molar-refractivity contribution is 5.90. The first-order valence-electron chi connectivity index (χ1n) is 6.97. The Hall–Kier alpha value is -1.06. The van der Waals surface area contributed by atoms with Crippen molar-refractivity contribution in [2.45, 2.75) is 70.9 Å². The molecule has 1 aliphatic carbocycles. The first-order valence-corrected chi connectivity index (χ1v) is 6.97. The van der Waals surface area contributed by atoms with Crippen LogP contribution in [0.15, 0.2) is 0 Å². The minimum atomic E-state index is -0.733. The minimum Gasteiger partial charge on any atom is -0.351 e. The van der Waals surface area contributed by atoms with Crippen molar-refractivity contribution >= 4 is 11.8 Å². The van der Waals surface area contributed by atoms with E-state index in [2.05, 4.69) is 5.32 Å². The smallest absolute Gasteiger partial charge is 0.245 e. The molecular weight excluding hydrogens is 228 g/mol. The summed E-state index contributed by atoms with van der Waals surface area (Å²) >= 11 is 0. The van der Waals surface area contributed by atoms with Gasteiger partial charge in [0.1, 0.15) is 5.54 Å². The Morgan fingerprint density at radius 3 is 2.28 bits per heavy atom. The van der Waals surface area contributed by atoms with Gasteiger partial charge in [-0.15, -0.1) is 0 Å². The zero-order chi connectivity index (χ0) is 13.8. The quantitative estimate of drug-likeness (QED) is 0.835. The lowest BCUT2D eigenvalue weighted by Crippen LogP contribution is -2.58. The summed E-state index contributed by atoms with van der Waals surface area (Å²) in [6.07, 6.45) is 6.41. The number of hydrogen-bond acceptors (Lipinski definition) is 2. The zero-order valence-electron chi connectivity index (χ0n) is 12.1. The summed E-state index contributed by atoms with van der Waals surface area (Å²) in [5.41, 5.74) is -0.733. The molecule has 1 unspecified atom stereocenters. The lowest BCUT2D eigenvalue weighted by Gasteiger charge is -2.38. The molecule has 104 valence electrons. The number of rotatable bonds is 4. The molecule has 0 radical (unpaired) electrons. The highest BCUT2D eigenvalue weighted by Crippen LogP contribution is 2.22. The van der Waals surface area contributed by atoms with Crippen LogP contribution in [0.5, 0.6) is 0 Å². The summed E-state index contributed by atoms with van der Waals surface area (Å²) in [4.78, 5) is 25.4. The van der Waals surface area contributed by atoms with Crippen LogP contribution < -0.4 is 5.32 Å². The standard InChI is InChI=1S/C14H26N2O2/c1-5-14(3,16(4)11(2)17)13(18)15-12-9-7-6-8-10-12/h12H,5-10H2,1-4H3,(H,15,18). The summed E-state index contributed by atoms with van der Waals surface area (Å²) in [5, 5.41) is 3.11. The molecule has 0 bridgehead atoms. The number of likely N-dealkylation sites (N-methyl/N-ethyl adjacent to an activating group) is 1. The van der Waals surface area contributed by atoms with E-state index in [1.807, 2.05) is 13.8 Å². The largest absolute Gasteiger partial charge is 0.351 e. The fraction of sp³-hybridized carbons (Fsp3) is 0.857. The third-order valence-corrected chi connectivity index (χ3v) is 4.33. The number of nitrogens with zero attached hydrogens (tertiary/aromatic N) is 1. The van der Waals surface area contributed by atoms with Crippen molar-refractivity contribution in [2.75, 3.05) is 7.05 Å². The van der Waals surface area contributed by atoms with Gasteiger partial charge in [-0.1, -0.05) is 26.2 Å². The average Bonchev–Trinajstić information content (AvgIpc) is 2.37. The Balaban J connectivity index is 2.68. The molecule has 1 atom stereocenters. The van der Waals surface area contributed by atoms with E-state index in [1.54, 1.807) is 11.9 Å². The average molecular weight is 254 g/mol. The predicted octanol–water partition coefficient (Wildman–Crippen LogP) is 2.08. The van der Waals surface area contributed by atoms with Crippen LogP contribution in [0.2, 0.25) is 0 Å². The summed E-state index contributed by atoms with van der Waals surface area (Å²) < 4.78 is 0. The van der Waals surface area contributed by atoms with Gasteiger partial charge in [0.25, 0.3) is 0 Å². The van der Waals surface area contributed by atoms with Crippen molar-refractivity contribution in [3.8, 4) is 0 Å². The van der Waals surface area contributed by atoms with E-state index >= 15 is 0 Å².